The molecule has 0 aromatic heterocycles. The Morgan fingerprint density at radius 1 is 1.47 bits per heavy atom. The fraction of sp³-hybridized carbons (Fsp3) is 0.933. The molecule has 4 heteroatoms. The topological polar surface area (TPSA) is 48.3 Å². The molecule has 0 aliphatic carbocycles. The summed E-state index contributed by atoms with van der Waals surface area (Å²) in [7, 11) is 4.03. The number of hydrogen-bond acceptors (Lipinski definition) is 4. The lowest BCUT2D eigenvalue weighted by molar-refractivity contribution is -0.00174. The highest BCUT2D eigenvalue weighted by molar-refractivity contribution is 5.05. The maximum atomic E-state index is 9.26. The molecule has 4 nitrogen and oxygen atoms in total. The molecule has 0 amide bonds. The van der Waals surface area contributed by atoms with Crippen LogP contribution in [0.3, 0.4) is 0 Å². The predicted octanol–water partition coefficient (Wildman–Crippen LogP) is 2.16. The van der Waals surface area contributed by atoms with Gasteiger partial charge in [-0.2, -0.15) is 5.26 Å². The average Bonchev–Trinajstić information content (AvgIpc) is 2.45. The van der Waals surface area contributed by atoms with E-state index >= 15 is 0 Å². The smallest absolute Gasteiger partial charge is 0.106 e. The van der Waals surface area contributed by atoms with Crippen LogP contribution in [0.15, 0.2) is 0 Å². The molecule has 1 heterocycles. The molecule has 19 heavy (non-hydrogen) atoms. The second kappa shape index (κ2) is 8.52. The van der Waals surface area contributed by atoms with Crippen LogP contribution in [0.4, 0.5) is 0 Å². The van der Waals surface area contributed by atoms with Gasteiger partial charge in [0, 0.05) is 13.2 Å². The maximum absolute atomic E-state index is 9.26. The van der Waals surface area contributed by atoms with Gasteiger partial charge >= 0.3 is 0 Å². The molecule has 0 spiro atoms. The number of nitrogens with zero attached hydrogens (tertiary/aromatic N) is 2. The molecular formula is C15H29N3O. The Hall–Kier alpha value is -0.630. The summed E-state index contributed by atoms with van der Waals surface area (Å²) in [5, 5.41) is 12.4. The average molecular weight is 267 g/mol. The molecule has 0 aromatic rings. The van der Waals surface area contributed by atoms with Crippen LogP contribution in [0.25, 0.3) is 0 Å². The molecule has 1 N–H and O–H groups in total. The van der Waals surface area contributed by atoms with Gasteiger partial charge in [0.05, 0.1) is 12.2 Å². The van der Waals surface area contributed by atoms with Crippen LogP contribution in [0.2, 0.25) is 0 Å². The number of nitriles is 1. The Balaban J connectivity index is 2.22. The van der Waals surface area contributed by atoms with Gasteiger partial charge in [-0.3, -0.25) is 0 Å². The first-order valence-electron chi connectivity index (χ1n) is 7.56. The van der Waals surface area contributed by atoms with Crippen molar-refractivity contribution in [3.8, 4) is 6.07 Å². The number of ether oxygens (including phenoxy) is 1. The maximum Gasteiger partial charge on any atom is 0.106 e. The van der Waals surface area contributed by atoms with Crippen molar-refractivity contribution in [2.45, 2.75) is 57.1 Å². The third-order valence-corrected chi connectivity index (χ3v) is 4.23. The molecule has 1 fully saturated rings. The lowest BCUT2D eigenvalue weighted by Crippen LogP contribution is -2.41. The van der Waals surface area contributed by atoms with E-state index in [9.17, 15) is 5.26 Å². The van der Waals surface area contributed by atoms with E-state index < -0.39 is 0 Å². The monoisotopic (exact) mass is 267 g/mol. The molecule has 1 aliphatic heterocycles. The largest absolute Gasteiger partial charge is 0.377 e. The lowest BCUT2D eigenvalue weighted by atomic mass is 9.92. The molecule has 1 aliphatic rings. The van der Waals surface area contributed by atoms with Crippen LogP contribution in [0.5, 0.6) is 0 Å². The van der Waals surface area contributed by atoms with Gasteiger partial charge in [0.25, 0.3) is 0 Å². The Bertz CT molecular complexity index is 278. The predicted molar refractivity (Wildman–Crippen MR) is 78.0 cm³/mol. The van der Waals surface area contributed by atoms with Gasteiger partial charge in [-0.25, -0.2) is 0 Å². The minimum Gasteiger partial charge on any atom is -0.377 e. The summed E-state index contributed by atoms with van der Waals surface area (Å²) in [6.07, 6.45) is 6.93. The quantitative estimate of drug-likeness (QED) is 0.732. The first kappa shape index (κ1) is 16.4. The zero-order valence-corrected chi connectivity index (χ0v) is 12.7. The van der Waals surface area contributed by atoms with E-state index in [1.165, 1.54) is 19.3 Å². The summed E-state index contributed by atoms with van der Waals surface area (Å²) in [4.78, 5) is 2.34. The summed E-state index contributed by atoms with van der Waals surface area (Å²) < 4.78 is 5.75. The highest BCUT2D eigenvalue weighted by Gasteiger charge is 2.25. The minimum atomic E-state index is -0.345. The zero-order chi connectivity index (χ0) is 14.1. The molecule has 2 unspecified atom stereocenters. The Morgan fingerprint density at radius 2 is 2.26 bits per heavy atom. The van der Waals surface area contributed by atoms with E-state index in [2.05, 4.69) is 30.3 Å². The fourth-order valence-corrected chi connectivity index (χ4v) is 2.71. The van der Waals surface area contributed by atoms with Gasteiger partial charge in [-0.1, -0.05) is 6.92 Å². The molecule has 1 rings (SSSR count). The van der Waals surface area contributed by atoms with E-state index in [0.29, 0.717) is 6.10 Å². The Labute approximate surface area is 118 Å². The van der Waals surface area contributed by atoms with E-state index in [-0.39, 0.29) is 5.54 Å². The van der Waals surface area contributed by atoms with Crippen molar-refractivity contribution in [1.82, 2.24) is 10.2 Å². The van der Waals surface area contributed by atoms with Gasteiger partial charge in [-0.05, 0) is 59.2 Å². The second-order valence-corrected chi connectivity index (χ2v) is 5.65. The normalized spacial score (nSPS) is 23.0. The third-order valence-electron chi connectivity index (χ3n) is 4.23. The van der Waals surface area contributed by atoms with Gasteiger partial charge in [0.2, 0.25) is 0 Å². The summed E-state index contributed by atoms with van der Waals surface area (Å²) in [5.74, 6) is 0. The van der Waals surface area contributed by atoms with Crippen molar-refractivity contribution in [3.63, 3.8) is 0 Å². The summed E-state index contributed by atoms with van der Waals surface area (Å²) in [5.41, 5.74) is -0.345. The van der Waals surface area contributed by atoms with Crippen molar-refractivity contribution >= 4 is 0 Å². The van der Waals surface area contributed by atoms with Crippen molar-refractivity contribution in [3.05, 3.63) is 0 Å². The van der Waals surface area contributed by atoms with Crippen LogP contribution in [0.1, 0.15) is 45.4 Å². The van der Waals surface area contributed by atoms with Crippen LogP contribution in [-0.4, -0.2) is 50.3 Å². The molecule has 110 valence electrons. The highest BCUT2D eigenvalue weighted by Crippen LogP contribution is 2.17. The van der Waals surface area contributed by atoms with Crippen molar-refractivity contribution in [2.24, 2.45) is 0 Å². The molecule has 0 radical (unpaired) electrons. The number of nitrogens with one attached hydrogen (secondary N) is 1. The first-order valence-corrected chi connectivity index (χ1v) is 7.56. The highest BCUT2D eigenvalue weighted by atomic mass is 16.5. The van der Waals surface area contributed by atoms with Crippen molar-refractivity contribution in [2.75, 3.05) is 33.8 Å². The van der Waals surface area contributed by atoms with Crippen LogP contribution < -0.4 is 5.32 Å². The van der Waals surface area contributed by atoms with Crippen LogP contribution in [0, 0.1) is 11.3 Å². The number of hydrogen-bond donors (Lipinski definition) is 1. The lowest BCUT2D eigenvalue weighted by Gasteiger charge is -2.29. The molecule has 0 bridgehead atoms. The third kappa shape index (κ3) is 5.48. The van der Waals surface area contributed by atoms with Gasteiger partial charge in [0.1, 0.15) is 5.54 Å². The first-order chi connectivity index (χ1) is 9.15. The second-order valence-electron chi connectivity index (χ2n) is 5.65. The van der Waals surface area contributed by atoms with E-state index in [1.807, 2.05) is 7.05 Å². The van der Waals surface area contributed by atoms with Crippen LogP contribution in [-0.2, 0) is 4.74 Å². The standard InChI is InChI=1S/C15H29N3O/c1-4-15(13-16,17-2)9-7-10-18(3)12-14-8-5-6-11-19-14/h14,17H,4-12H2,1-3H3. The van der Waals surface area contributed by atoms with Crippen molar-refractivity contribution in [1.29, 1.82) is 5.26 Å². The SMILES string of the molecule is CCC(C#N)(CCCN(C)CC1CCCCO1)NC. The number of likely N-dealkylation sites (N-methyl/N-ethyl adjacent to an activating group) is 1. The Morgan fingerprint density at radius 3 is 2.79 bits per heavy atom. The van der Waals surface area contributed by atoms with E-state index in [1.54, 1.807) is 0 Å². The number of rotatable bonds is 8. The summed E-state index contributed by atoms with van der Waals surface area (Å²) in [6.45, 7) is 5.04. The van der Waals surface area contributed by atoms with E-state index in [4.69, 9.17) is 4.74 Å². The van der Waals surface area contributed by atoms with Gasteiger partial charge < -0.3 is 15.0 Å². The molecule has 2 atom stereocenters. The van der Waals surface area contributed by atoms with Crippen molar-refractivity contribution < 1.29 is 4.74 Å². The zero-order valence-electron chi connectivity index (χ0n) is 12.7. The summed E-state index contributed by atoms with van der Waals surface area (Å²) in [6, 6.07) is 2.42. The minimum absolute atomic E-state index is 0.345. The summed E-state index contributed by atoms with van der Waals surface area (Å²) >= 11 is 0. The molecule has 0 aromatic carbocycles. The fourth-order valence-electron chi connectivity index (χ4n) is 2.71. The molecule has 0 saturated carbocycles. The van der Waals surface area contributed by atoms with Gasteiger partial charge in [-0.15, -0.1) is 0 Å². The molecular weight excluding hydrogens is 238 g/mol. The van der Waals surface area contributed by atoms with E-state index in [0.717, 1.165) is 39.0 Å². The van der Waals surface area contributed by atoms with Crippen LogP contribution >= 0.6 is 0 Å². The molecule has 1 saturated heterocycles. The Kier molecular flexibility index (Phi) is 7.37. The van der Waals surface area contributed by atoms with Gasteiger partial charge in [0.15, 0.2) is 0 Å².